The van der Waals surface area contributed by atoms with E-state index in [1.807, 2.05) is 60.7 Å². The number of hydrogen-bond donors (Lipinski definition) is 1. The normalized spacial score (nSPS) is 11.6. The van der Waals surface area contributed by atoms with E-state index in [0.717, 1.165) is 21.7 Å². The zero-order chi connectivity index (χ0) is 17.1. The minimum atomic E-state index is 0.447. The van der Waals surface area contributed by atoms with Crippen LogP contribution in [0.2, 0.25) is 0 Å². The Hall–Kier alpha value is -2.76. The van der Waals surface area contributed by atoms with Crippen LogP contribution in [0.1, 0.15) is 0 Å². The van der Waals surface area contributed by atoms with Crippen LogP contribution in [0, 0.1) is 0 Å². The van der Waals surface area contributed by atoms with Crippen molar-refractivity contribution in [3.05, 3.63) is 89.7 Å². The topological polar surface area (TPSA) is 29.3 Å². The molecule has 0 fully saturated rings. The molecule has 0 bridgehead atoms. The molecule has 3 nitrogen and oxygen atoms in total. The molecular weight excluding hydrogens is 346 g/mol. The van der Waals surface area contributed by atoms with Crippen LogP contribution in [0.5, 0.6) is 0 Å². The van der Waals surface area contributed by atoms with E-state index >= 15 is 0 Å². The van der Waals surface area contributed by atoms with Gasteiger partial charge in [0.15, 0.2) is 9.91 Å². The minimum Gasteiger partial charge on any atom is -0.331 e. The van der Waals surface area contributed by atoms with Gasteiger partial charge in [-0.05, 0) is 48.6 Å². The van der Waals surface area contributed by atoms with Gasteiger partial charge >= 0.3 is 0 Å². The van der Waals surface area contributed by atoms with Crippen molar-refractivity contribution in [2.24, 2.45) is 4.99 Å². The third-order valence-electron chi connectivity index (χ3n) is 3.74. The summed E-state index contributed by atoms with van der Waals surface area (Å²) in [5.41, 5.74) is 3.13. The van der Waals surface area contributed by atoms with E-state index in [0.29, 0.717) is 5.11 Å². The van der Waals surface area contributed by atoms with Crippen LogP contribution in [0.4, 0.5) is 5.69 Å². The maximum Gasteiger partial charge on any atom is 0.199 e. The minimum absolute atomic E-state index is 0.447. The van der Waals surface area contributed by atoms with Gasteiger partial charge in [-0.25, -0.2) is 0 Å². The number of fused-ring (bicyclic) bond motifs is 1. The van der Waals surface area contributed by atoms with Gasteiger partial charge in [0, 0.05) is 11.4 Å². The number of anilines is 1. The highest BCUT2D eigenvalue weighted by Crippen LogP contribution is 2.20. The highest BCUT2D eigenvalue weighted by atomic mass is 32.1. The molecule has 0 aliphatic carbocycles. The molecule has 25 heavy (non-hydrogen) atoms. The van der Waals surface area contributed by atoms with Crippen molar-refractivity contribution in [3.8, 4) is 5.69 Å². The molecule has 122 valence electrons. The molecule has 0 saturated heterocycles. The predicted octanol–water partition coefficient (Wildman–Crippen LogP) is 4.99. The van der Waals surface area contributed by atoms with E-state index in [-0.39, 0.29) is 0 Å². The van der Waals surface area contributed by atoms with Gasteiger partial charge in [-0.3, -0.25) is 4.57 Å². The lowest BCUT2D eigenvalue weighted by Gasteiger charge is -2.06. The summed E-state index contributed by atoms with van der Waals surface area (Å²) in [6.07, 6.45) is 0. The average Bonchev–Trinajstić information content (AvgIpc) is 3.01. The first kappa shape index (κ1) is 15.7. The quantitative estimate of drug-likeness (QED) is 0.510. The number of thiocarbonyl (C=S) groups is 1. The van der Waals surface area contributed by atoms with Gasteiger partial charge in [0.2, 0.25) is 0 Å². The molecule has 4 aromatic rings. The molecule has 0 spiro atoms. The number of benzene rings is 3. The van der Waals surface area contributed by atoms with Crippen LogP contribution in [0.15, 0.2) is 89.9 Å². The molecule has 3 aromatic carbocycles. The molecule has 0 amide bonds. The lowest BCUT2D eigenvalue weighted by Crippen LogP contribution is -2.17. The summed E-state index contributed by atoms with van der Waals surface area (Å²) in [5, 5.41) is 3.62. The van der Waals surface area contributed by atoms with Crippen LogP contribution < -0.4 is 10.1 Å². The van der Waals surface area contributed by atoms with Crippen LogP contribution >= 0.6 is 23.6 Å². The van der Waals surface area contributed by atoms with Crippen LogP contribution in [0.25, 0.3) is 15.9 Å². The summed E-state index contributed by atoms with van der Waals surface area (Å²) in [6.45, 7) is 0. The Morgan fingerprint density at radius 1 is 0.840 bits per heavy atom. The number of rotatable bonds is 2. The monoisotopic (exact) mass is 361 g/mol. The fourth-order valence-corrected chi connectivity index (χ4v) is 3.94. The zero-order valence-corrected chi connectivity index (χ0v) is 14.9. The second-order valence-electron chi connectivity index (χ2n) is 5.43. The Kier molecular flexibility index (Phi) is 4.41. The molecule has 0 aliphatic heterocycles. The predicted molar refractivity (Wildman–Crippen MR) is 109 cm³/mol. The molecular formula is C20H15N3S2. The summed E-state index contributed by atoms with van der Waals surface area (Å²) >= 11 is 7.07. The molecule has 0 aliphatic rings. The van der Waals surface area contributed by atoms with Crippen molar-refractivity contribution in [2.45, 2.75) is 0 Å². The van der Waals surface area contributed by atoms with Crippen molar-refractivity contribution in [1.29, 1.82) is 0 Å². The van der Waals surface area contributed by atoms with Crippen molar-refractivity contribution in [1.82, 2.24) is 4.57 Å². The van der Waals surface area contributed by atoms with E-state index in [2.05, 4.69) is 39.1 Å². The lowest BCUT2D eigenvalue weighted by molar-refractivity contribution is 1.05. The van der Waals surface area contributed by atoms with E-state index in [1.165, 1.54) is 4.70 Å². The smallest absolute Gasteiger partial charge is 0.199 e. The molecule has 1 heterocycles. The summed E-state index contributed by atoms with van der Waals surface area (Å²) in [4.78, 5) is 5.52. The standard InChI is InChI=1S/C20H15N3S2/c24-19(21-15-9-3-1-4-10-15)22-20-23(16-11-5-2-6-12-16)17-13-7-8-14-18(17)25-20/h1-14H,(H,21,24)/b22-20+. The van der Waals surface area contributed by atoms with Crippen LogP contribution in [0.3, 0.4) is 0 Å². The molecule has 0 unspecified atom stereocenters. The Labute approximate surface area is 154 Å². The molecule has 5 heteroatoms. The molecule has 0 atom stereocenters. The number of para-hydroxylation sites is 3. The first-order chi connectivity index (χ1) is 12.3. The SMILES string of the molecule is S=C(/N=c1/sc2ccccc2n1-c1ccccc1)Nc1ccccc1. The number of thiazole rings is 1. The average molecular weight is 361 g/mol. The Balaban J connectivity index is 1.82. The van der Waals surface area contributed by atoms with Crippen LogP contribution in [-0.2, 0) is 0 Å². The Morgan fingerprint density at radius 3 is 2.24 bits per heavy atom. The highest BCUT2D eigenvalue weighted by Gasteiger charge is 2.08. The fourth-order valence-electron chi connectivity index (χ4n) is 2.63. The van der Waals surface area contributed by atoms with Crippen molar-refractivity contribution in [2.75, 3.05) is 5.32 Å². The van der Waals surface area contributed by atoms with Gasteiger partial charge < -0.3 is 5.32 Å². The van der Waals surface area contributed by atoms with E-state index < -0.39 is 0 Å². The van der Waals surface area contributed by atoms with E-state index in [1.54, 1.807) is 11.3 Å². The van der Waals surface area contributed by atoms with Gasteiger partial charge in [0.1, 0.15) is 0 Å². The van der Waals surface area contributed by atoms with Crippen molar-refractivity contribution < 1.29 is 0 Å². The molecule has 1 N–H and O–H groups in total. The highest BCUT2D eigenvalue weighted by molar-refractivity contribution is 7.80. The molecule has 1 aromatic heterocycles. The summed E-state index contributed by atoms with van der Waals surface area (Å²) in [6, 6.07) is 28.3. The number of nitrogens with zero attached hydrogens (tertiary/aromatic N) is 2. The Bertz CT molecular complexity index is 1080. The number of aromatic nitrogens is 1. The summed E-state index contributed by atoms with van der Waals surface area (Å²) < 4.78 is 3.31. The number of hydrogen-bond acceptors (Lipinski definition) is 2. The van der Waals surface area contributed by atoms with E-state index in [4.69, 9.17) is 12.2 Å². The van der Waals surface area contributed by atoms with Crippen molar-refractivity contribution >= 4 is 44.6 Å². The van der Waals surface area contributed by atoms with Crippen LogP contribution in [-0.4, -0.2) is 9.68 Å². The van der Waals surface area contributed by atoms with Gasteiger partial charge in [0.25, 0.3) is 0 Å². The Morgan fingerprint density at radius 2 is 1.48 bits per heavy atom. The van der Waals surface area contributed by atoms with Crippen molar-refractivity contribution in [3.63, 3.8) is 0 Å². The molecule has 4 rings (SSSR count). The second-order valence-corrected chi connectivity index (χ2v) is 6.83. The summed E-state index contributed by atoms with van der Waals surface area (Å²) in [7, 11) is 0. The van der Waals surface area contributed by atoms with E-state index in [9.17, 15) is 0 Å². The lowest BCUT2D eigenvalue weighted by atomic mass is 10.3. The first-order valence-electron chi connectivity index (χ1n) is 7.88. The number of nitrogens with one attached hydrogen (secondary N) is 1. The zero-order valence-electron chi connectivity index (χ0n) is 13.3. The maximum absolute atomic E-state index is 5.45. The molecule has 0 saturated carbocycles. The maximum atomic E-state index is 5.45. The summed E-state index contributed by atoms with van der Waals surface area (Å²) in [5.74, 6) is 0. The van der Waals surface area contributed by atoms with Gasteiger partial charge in [-0.2, -0.15) is 4.99 Å². The molecule has 0 radical (unpaired) electrons. The third-order valence-corrected chi connectivity index (χ3v) is 4.95. The first-order valence-corrected chi connectivity index (χ1v) is 9.10. The fraction of sp³-hybridized carbons (Fsp3) is 0. The largest absolute Gasteiger partial charge is 0.331 e. The van der Waals surface area contributed by atoms with Gasteiger partial charge in [-0.1, -0.05) is 59.9 Å². The van der Waals surface area contributed by atoms with Gasteiger partial charge in [-0.15, -0.1) is 0 Å². The second kappa shape index (κ2) is 7.01. The third kappa shape index (κ3) is 3.38. The van der Waals surface area contributed by atoms with Gasteiger partial charge in [0.05, 0.1) is 10.2 Å².